The number of ketones is 1. The van der Waals surface area contributed by atoms with Crippen molar-refractivity contribution in [2.24, 2.45) is 0 Å². The van der Waals surface area contributed by atoms with E-state index >= 15 is 0 Å². The van der Waals surface area contributed by atoms with E-state index < -0.39 is 8.32 Å². The number of hydrogen-bond donors (Lipinski definition) is 0. The van der Waals surface area contributed by atoms with Gasteiger partial charge in [0.15, 0.2) is 14.1 Å². The molecule has 1 rings (SSSR count). The highest BCUT2D eigenvalue weighted by Gasteiger charge is 2.36. The zero-order valence-corrected chi connectivity index (χ0v) is 13.6. The van der Waals surface area contributed by atoms with E-state index in [1.54, 1.807) is 0 Å². The largest absolute Gasteiger partial charge is 0.417 e. The molecule has 1 aliphatic carbocycles. The van der Waals surface area contributed by atoms with E-state index in [1.807, 2.05) is 0 Å². The van der Waals surface area contributed by atoms with Crippen molar-refractivity contribution in [2.75, 3.05) is 6.61 Å². The SMILES string of the molecule is CC(C)(C)[Si](C)(C)OCCC/C=C1/CCCC1=O. The highest BCUT2D eigenvalue weighted by molar-refractivity contribution is 6.74. The van der Waals surface area contributed by atoms with E-state index in [4.69, 9.17) is 4.43 Å². The third-order valence-electron chi connectivity index (χ3n) is 4.22. The number of unbranched alkanes of at least 4 members (excludes halogenated alkanes) is 1. The van der Waals surface area contributed by atoms with Gasteiger partial charge >= 0.3 is 0 Å². The molecular weight excluding hydrogens is 240 g/mol. The Bertz CT molecular complexity index is 324. The average molecular weight is 268 g/mol. The quantitative estimate of drug-likeness (QED) is 0.418. The first-order valence-corrected chi connectivity index (χ1v) is 10.0. The fraction of sp³-hybridized carbons (Fsp3) is 0.800. The molecule has 0 aromatic heterocycles. The molecule has 0 saturated heterocycles. The molecule has 0 aromatic carbocycles. The van der Waals surface area contributed by atoms with Gasteiger partial charge in [-0.25, -0.2) is 0 Å². The van der Waals surface area contributed by atoms with Crippen molar-refractivity contribution in [3.05, 3.63) is 11.6 Å². The van der Waals surface area contributed by atoms with Gasteiger partial charge in [-0.3, -0.25) is 4.79 Å². The second-order valence-electron chi connectivity index (χ2n) is 6.76. The van der Waals surface area contributed by atoms with Crippen LogP contribution in [0, 0.1) is 0 Å². The van der Waals surface area contributed by atoms with Crippen molar-refractivity contribution in [1.82, 2.24) is 0 Å². The van der Waals surface area contributed by atoms with Gasteiger partial charge in [0, 0.05) is 13.0 Å². The molecule has 0 aromatic rings. The number of hydrogen-bond acceptors (Lipinski definition) is 2. The molecule has 0 unspecified atom stereocenters. The predicted octanol–water partition coefficient (Wildman–Crippen LogP) is 4.47. The summed E-state index contributed by atoms with van der Waals surface area (Å²) in [6.07, 6.45) is 6.93. The maximum absolute atomic E-state index is 11.4. The standard InChI is InChI=1S/C15H28O2Si/c1-15(2,3)18(4,5)17-12-7-6-9-13-10-8-11-14(13)16/h9H,6-8,10-12H2,1-5H3/b13-9-. The van der Waals surface area contributed by atoms with Gasteiger partial charge in [-0.1, -0.05) is 26.8 Å². The van der Waals surface area contributed by atoms with Crippen LogP contribution in [0.3, 0.4) is 0 Å². The molecule has 1 saturated carbocycles. The molecule has 0 bridgehead atoms. The molecule has 1 fully saturated rings. The van der Waals surface area contributed by atoms with Crippen LogP contribution in [0.5, 0.6) is 0 Å². The molecule has 0 radical (unpaired) electrons. The Balaban J connectivity index is 2.25. The first-order chi connectivity index (χ1) is 8.24. The maximum Gasteiger partial charge on any atom is 0.191 e. The van der Waals surface area contributed by atoms with Crippen LogP contribution in [0.2, 0.25) is 18.1 Å². The Morgan fingerprint density at radius 3 is 2.44 bits per heavy atom. The first kappa shape index (κ1) is 15.6. The Kier molecular flexibility index (Phi) is 5.35. The summed E-state index contributed by atoms with van der Waals surface area (Å²) in [6, 6.07) is 0. The number of allylic oxidation sites excluding steroid dienone is 2. The van der Waals surface area contributed by atoms with Crippen LogP contribution in [-0.4, -0.2) is 20.7 Å². The highest BCUT2D eigenvalue weighted by atomic mass is 28.4. The zero-order chi connectivity index (χ0) is 13.8. The summed E-state index contributed by atoms with van der Waals surface area (Å²) >= 11 is 0. The minimum atomic E-state index is -1.59. The first-order valence-electron chi connectivity index (χ1n) is 7.10. The van der Waals surface area contributed by atoms with E-state index in [2.05, 4.69) is 39.9 Å². The maximum atomic E-state index is 11.4. The molecule has 1 aliphatic rings. The molecule has 3 heteroatoms. The fourth-order valence-electron chi connectivity index (χ4n) is 1.86. The lowest BCUT2D eigenvalue weighted by Crippen LogP contribution is -2.40. The van der Waals surface area contributed by atoms with E-state index in [0.29, 0.717) is 5.78 Å². The van der Waals surface area contributed by atoms with Crippen LogP contribution in [0.4, 0.5) is 0 Å². The summed E-state index contributed by atoms with van der Waals surface area (Å²) in [5.74, 6) is 0.361. The molecule has 104 valence electrons. The highest BCUT2D eigenvalue weighted by Crippen LogP contribution is 2.36. The summed E-state index contributed by atoms with van der Waals surface area (Å²) in [6.45, 7) is 12.2. The van der Waals surface area contributed by atoms with Crippen LogP contribution in [0.1, 0.15) is 52.9 Å². The number of carbonyl (C=O) groups is 1. The summed E-state index contributed by atoms with van der Waals surface area (Å²) < 4.78 is 6.11. The molecule has 0 spiro atoms. The van der Waals surface area contributed by atoms with Crippen LogP contribution in [0.25, 0.3) is 0 Å². The Labute approximate surface area is 113 Å². The van der Waals surface area contributed by atoms with E-state index in [1.165, 1.54) is 0 Å². The summed E-state index contributed by atoms with van der Waals surface area (Å²) in [5, 5.41) is 0.285. The lowest BCUT2D eigenvalue weighted by atomic mass is 10.1. The Morgan fingerprint density at radius 1 is 1.28 bits per heavy atom. The minimum absolute atomic E-state index is 0.285. The van der Waals surface area contributed by atoms with E-state index in [9.17, 15) is 4.79 Å². The molecule has 0 N–H and O–H groups in total. The summed E-state index contributed by atoms with van der Waals surface area (Å²) in [5.41, 5.74) is 1.06. The zero-order valence-electron chi connectivity index (χ0n) is 12.6. The minimum Gasteiger partial charge on any atom is -0.417 e. The number of Topliss-reactive ketones (excluding diaryl/α,β-unsaturated/α-hetero) is 1. The monoisotopic (exact) mass is 268 g/mol. The molecule has 0 heterocycles. The predicted molar refractivity (Wildman–Crippen MR) is 79.3 cm³/mol. The number of carbonyl (C=O) groups excluding carboxylic acids is 1. The van der Waals surface area contributed by atoms with Crippen molar-refractivity contribution in [3.8, 4) is 0 Å². The Morgan fingerprint density at radius 2 is 1.94 bits per heavy atom. The summed E-state index contributed by atoms with van der Waals surface area (Å²) in [7, 11) is -1.59. The summed E-state index contributed by atoms with van der Waals surface area (Å²) in [4.78, 5) is 11.4. The molecule has 0 aliphatic heterocycles. The smallest absolute Gasteiger partial charge is 0.191 e. The van der Waals surface area contributed by atoms with Crippen molar-refractivity contribution in [1.29, 1.82) is 0 Å². The van der Waals surface area contributed by atoms with Gasteiger partial charge in [-0.15, -0.1) is 0 Å². The van der Waals surface area contributed by atoms with Crippen molar-refractivity contribution < 1.29 is 9.22 Å². The molecule has 0 atom stereocenters. The average Bonchev–Trinajstić information content (AvgIpc) is 2.62. The van der Waals surface area contributed by atoms with Gasteiger partial charge in [0.2, 0.25) is 0 Å². The Hall–Kier alpha value is -0.413. The van der Waals surface area contributed by atoms with Crippen LogP contribution in [-0.2, 0) is 9.22 Å². The van der Waals surface area contributed by atoms with E-state index in [-0.39, 0.29) is 5.04 Å². The van der Waals surface area contributed by atoms with Crippen molar-refractivity contribution in [2.45, 2.75) is 71.0 Å². The van der Waals surface area contributed by atoms with E-state index in [0.717, 1.165) is 44.3 Å². The third kappa shape index (κ3) is 4.36. The fourth-order valence-corrected chi connectivity index (χ4v) is 2.95. The van der Waals surface area contributed by atoms with Crippen molar-refractivity contribution >= 4 is 14.1 Å². The van der Waals surface area contributed by atoms with Crippen molar-refractivity contribution in [3.63, 3.8) is 0 Å². The van der Waals surface area contributed by atoms with Gasteiger partial charge < -0.3 is 4.43 Å². The third-order valence-corrected chi connectivity index (χ3v) is 8.75. The van der Waals surface area contributed by atoms with Gasteiger partial charge in [-0.2, -0.15) is 0 Å². The molecular formula is C15H28O2Si. The lowest BCUT2D eigenvalue weighted by molar-refractivity contribution is -0.114. The van der Waals surface area contributed by atoms with Gasteiger partial charge in [0.05, 0.1) is 0 Å². The normalized spacial score (nSPS) is 19.8. The lowest BCUT2D eigenvalue weighted by Gasteiger charge is -2.36. The van der Waals surface area contributed by atoms with Crippen LogP contribution in [0.15, 0.2) is 11.6 Å². The topological polar surface area (TPSA) is 26.3 Å². The number of rotatable bonds is 5. The van der Waals surface area contributed by atoms with Crippen LogP contribution < -0.4 is 0 Å². The van der Waals surface area contributed by atoms with Gasteiger partial charge in [0.25, 0.3) is 0 Å². The van der Waals surface area contributed by atoms with Gasteiger partial charge in [-0.05, 0) is 49.4 Å². The molecule has 0 amide bonds. The second kappa shape index (κ2) is 6.16. The second-order valence-corrected chi connectivity index (χ2v) is 11.6. The molecule has 2 nitrogen and oxygen atoms in total. The van der Waals surface area contributed by atoms with Crippen LogP contribution >= 0.6 is 0 Å². The van der Waals surface area contributed by atoms with Gasteiger partial charge in [0.1, 0.15) is 0 Å². The molecule has 18 heavy (non-hydrogen) atoms.